The third-order valence-corrected chi connectivity index (χ3v) is 8.30. The van der Waals surface area contributed by atoms with E-state index < -0.39 is 42.6 Å². The Morgan fingerprint density at radius 1 is 1.30 bits per heavy atom. The predicted molar refractivity (Wildman–Crippen MR) is 108 cm³/mol. The quantitative estimate of drug-likeness (QED) is 0.586. The normalized spacial score (nSPS) is 18.3. The molecule has 0 saturated carbocycles. The number of sulfone groups is 2. The maximum absolute atomic E-state index is 13.3. The maximum Gasteiger partial charge on any atom is 0.274 e. The van der Waals surface area contributed by atoms with E-state index in [4.69, 9.17) is 11.6 Å². The Kier molecular flexibility index (Phi) is 6.44. The number of hydrogen-bond acceptors (Lipinski definition) is 7. The Hall–Kier alpha value is -2.11. The van der Waals surface area contributed by atoms with Crippen molar-refractivity contribution in [2.75, 3.05) is 17.3 Å². The third-order valence-electron chi connectivity index (χ3n) is 4.76. The summed E-state index contributed by atoms with van der Waals surface area (Å²) in [7, 11) is -7.10. The summed E-state index contributed by atoms with van der Waals surface area (Å²) in [4.78, 5) is 22.1. The van der Waals surface area contributed by atoms with Crippen molar-refractivity contribution in [1.29, 1.82) is 0 Å². The summed E-state index contributed by atoms with van der Waals surface area (Å²) in [5.41, 5.74) is 0.241. The standard InChI is InChI=1S/C18H19ClFN3O5S2/c1-2-30(27,28)18-21-9-15(19)16(22-18)17(24)23(14-7-8-29(25,26)11-14)10-12-3-5-13(20)6-4-12/h3-6,9,14H,2,7-8,10-11H2,1H3/t14-/m1/s1. The Balaban J connectivity index is 2.01. The van der Waals surface area contributed by atoms with E-state index in [0.717, 1.165) is 6.20 Å². The molecule has 12 heteroatoms. The van der Waals surface area contributed by atoms with E-state index in [9.17, 15) is 26.0 Å². The van der Waals surface area contributed by atoms with Gasteiger partial charge < -0.3 is 4.90 Å². The van der Waals surface area contributed by atoms with Gasteiger partial charge in [-0.3, -0.25) is 4.79 Å². The molecule has 0 radical (unpaired) electrons. The second-order valence-electron chi connectivity index (χ2n) is 6.87. The monoisotopic (exact) mass is 475 g/mol. The van der Waals surface area contributed by atoms with Crippen molar-refractivity contribution in [2.24, 2.45) is 0 Å². The SMILES string of the molecule is CCS(=O)(=O)c1ncc(Cl)c(C(=O)N(Cc2ccc(F)cc2)[C@@H]2CCS(=O)(=O)C2)n1. The van der Waals surface area contributed by atoms with Gasteiger partial charge in [-0.25, -0.2) is 31.2 Å². The van der Waals surface area contributed by atoms with Gasteiger partial charge in [0.25, 0.3) is 5.91 Å². The van der Waals surface area contributed by atoms with Gasteiger partial charge in [-0.05, 0) is 24.1 Å². The lowest BCUT2D eigenvalue weighted by atomic mass is 10.1. The molecule has 0 spiro atoms. The molecule has 1 aliphatic rings. The summed E-state index contributed by atoms with van der Waals surface area (Å²) in [6.45, 7) is 1.40. The summed E-state index contributed by atoms with van der Waals surface area (Å²) in [6, 6.07) is 4.77. The average molecular weight is 476 g/mol. The van der Waals surface area contributed by atoms with Gasteiger partial charge in [0.05, 0.1) is 28.5 Å². The molecule has 1 aliphatic heterocycles. The van der Waals surface area contributed by atoms with Crippen LogP contribution in [0, 0.1) is 5.82 Å². The van der Waals surface area contributed by atoms with Crippen LogP contribution in [0.4, 0.5) is 4.39 Å². The maximum atomic E-state index is 13.3. The van der Waals surface area contributed by atoms with Crippen LogP contribution in [0.2, 0.25) is 5.02 Å². The van der Waals surface area contributed by atoms with E-state index in [1.807, 2.05) is 0 Å². The van der Waals surface area contributed by atoms with Crippen molar-refractivity contribution in [3.05, 3.63) is 52.6 Å². The molecule has 0 bridgehead atoms. The Morgan fingerprint density at radius 2 is 1.97 bits per heavy atom. The zero-order valence-corrected chi connectivity index (χ0v) is 18.3. The summed E-state index contributed by atoms with van der Waals surface area (Å²) in [5, 5.41) is -0.682. The highest BCUT2D eigenvalue weighted by Gasteiger charge is 2.36. The third kappa shape index (κ3) is 4.96. The Labute approximate surface area is 178 Å². The molecule has 1 atom stereocenters. The highest BCUT2D eigenvalue weighted by molar-refractivity contribution is 7.91. The molecule has 0 N–H and O–H groups in total. The first-order valence-electron chi connectivity index (χ1n) is 9.03. The van der Waals surface area contributed by atoms with E-state index in [1.165, 1.54) is 36.1 Å². The minimum Gasteiger partial charge on any atom is -0.329 e. The van der Waals surface area contributed by atoms with Crippen LogP contribution in [0.25, 0.3) is 0 Å². The smallest absolute Gasteiger partial charge is 0.274 e. The summed E-state index contributed by atoms with van der Waals surface area (Å²) >= 11 is 6.08. The lowest BCUT2D eigenvalue weighted by Gasteiger charge is -2.28. The molecule has 0 unspecified atom stereocenters. The molecule has 8 nitrogen and oxygen atoms in total. The van der Waals surface area contributed by atoms with Gasteiger partial charge in [0.2, 0.25) is 15.0 Å². The van der Waals surface area contributed by atoms with E-state index in [1.54, 1.807) is 0 Å². The number of halogens is 2. The fourth-order valence-electron chi connectivity index (χ4n) is 3.09. The highest BCUT2D eigenvalue weighted by atomic mass is 35.5. The van der Waals surface area contributed by atoms with Crippen LogP contribution in [0.1, 0.15) is 29.4 Å². The van der Waals surface area contributed by atoms with E-state index >= 15 is 0 Å². The van der Waals surface area contributed by atoms with E-state index in [-0.39, 0.29) is 40.9 Å². The molecular formula is C18H19ClFN3O5S2. The molecule has 3 rings (SSSR count). The van der Waals surface area contributed by atoms with Crippen LogP contribution in [0.5, 0.6) is 0 Å². The molecule has 0 aliphatic carbocycles. The number of nitrogens with zero attached hydrogens (tertiary/aromatic N) is 3. The van der Waals surface area contributed by atoms with Gasteiger partial charge in [0, 0.05) is 12.6 Å². The minimum atomic E-state index is -3.79. The van der Waals surface area contributed by atoms with Gasteiger partial charge in [-0.2, -0.15) is 0 Å². The molecule has 1 saturated heterocycles. The number of rotatable bonds is 6. The second-order valence-corrected chi connectivity index (χ2v) is 11.7. The van der Waals surface area contributed by atoms with Crippen LogP contribution < -0.4 is 0 Å². The number of hydrogen-bond donors (Lipinski definition) is 0. The zero-order valence-electron chi connectivity index (χ0n) is 16.0. The molecule has 2 heterocycles. The lowest BCUT2D eigenvalue weighted by Crippen LogP contribution is -2.41. The fraction of sp³-hybridized carbons (Fsp3) is 0.389. The lowest BCUT2D eigenvalue weighted by molar-refractivity contribution is 0.0674. The molecule has 1 aromatic carbocycles. The zero-order chi connectivity index (χ0) is 22.1. The van der Waals surface area contributed by atoms with Gasteiger partial charge in [-0.1, -0.05) is 30.7 Å². The number of carbonyl (C=O) groups is 1. The van der Waals surface area contributed by atoms with Crippen molar-refractivity contribution in [3.63, 3.8) is 0 Å². The topological polar surface area (TPSA) is 114 Å². The molecule has 1 aromatic heterocycles. The summed E-state index contributed by atoms with van der Waals surface area (Å²) in [6.07, 6.45) is 1.25. The van der Waals surface area contributed by atoms with Crippen molar-refractivity contribution in [1.82, 2.24) is 14.9 Å². The van der Waals surface area contributed by atoms with Crippen molar-refractivity contribution >= 4 is 37.2 Å². The first-order valence-corrected chi connectivity index (χ1v) is 12.9. The van der Waals surface area contributed by atoms with Gasteiger partial charge in [0.15, 0.2) is 15.5 Å². The summed E-state index contributed by atoms with van der Waals surface area (Å²) in [5.74, 6) is -1.74. The Bertz CT molecular complexity index is 1170. The molecule has 1 fully saturated rings. The minimum absolute atomic E-state index is 0.0184. The van der Waals surface area contributed by atoms with Crippen LogP contribution in [0.3, 0.4) is 0 Å². The van der Waals surface area contributed by atoms with E-state index in [0.29, 0.717) is 5.56 Å². The number of aromatic nitrogens is 2. The molecule has 30 heavy (non-hydrogen) atoms. The highest BCUT2D eigenvalue weighted by Crippen LogP contribution is 2.25. The van der Waals surface area contributed by atoms with Crippen molar-refractivity contribution in [2.45, 2.75) is 31.1 Å². The van der Waals surface area contributed by atoms with Crippen LogP contribution in [-0.4, -0.2) is 60.9 Å². The van der Waals surface area contributed by atoms with Crippen LogP contribution in [-0.2, 0) is 26.2 Å². The second kappa shape index (κ2) is 8.56. The molecule has 162 valence electrons. The van der Waals surface area contributed by atoms with E-state index in [2.05, 4.69) is 9.97 Å². The Morgan fingerprint density at radius 3 is 2.53 bits per heavy atom. The summed E-state index contributed by atoms with van der Waals surface area (Å²) < 4.78 is 61.4. The van der Waals surface area contributed by atoms with Crippen LogP contribution in [0.15, 0.2) is 35.6 Å². The largest absolute Gasteiger partial charge is 0.329 e. The molecule has 2 aromatic rings. The first-order chi connectivity index (χ1) is 14.0. The van der Waals surface area contributed by atoms with Gasteiger partial charge in [-0.15, -0.1) is 0 Å². The number of amides is 1. The number of benzene rings is 1. The number of carbonyl (C=O) groups excluding carboxylic acids is 1. The fourth-order valence-corrected chi connectivity index (χ4v) is 5.69. The molecular weight excluding hydrogens is 457 g/mol. The van der Waals surface area contributed by atoms with Crippen molar-refractivity contribution < 1.29 is 26.0 Å². The molecule has 1 amide bonds. The van der Waals surface area contributed by atoms with Gasteiger partial charge >= 0.3 is 0 Å². The van der Waals surface area contributed by atoms with Crippen LogP contribution >= 0.6 is 11.6 Å². The average Bonchev–Trinajstić information content (AvgIpc) is 3.06. The first kappa shape index (κ1) is 22.6. The van der Waals surface area contributed by atoms with Crippen molar-refractivity contribution in [3.8, 4) is 0 Å². The van der Waals surface area contributed by atoms with Gasteiger partial charge in [0.1, 0.15) is 5.82 Å². The predicted octanol–water partition coefficient (Wildman–Crippen LogP) is 1.89.